The van der Waals surface area contributed by atoms with Gasteiger partial charge in [0.2, 0.25) is 0 Å². The highest BCUT2D eigenvalue weighted by Gasteiger charge is 2.15. The van der Waals surface area contributed by atoms with Gasteiger partial charge in [0.05, 0.1) is 0 Å². The fraction of sp³-hybridized carbons (Fsp3) is 0.118. The number of aromatic nitrogens is 1. The van der Waals surface area contributed by atoms with Gasteiger partial charge in [0.1, 0.15) is 5.82 Å². The Morgan fingerprint density at radius 2 is 1.85 bits per heavy atom. The van der Waals surface area contributed by atoms with Crippen molar-refractivity contribution in [2.24, 2.45) is 0 Å². The first kappa shape index (κ1) is 12.6. The van der Waals surface area contributed by atoms with Crippen LogP contribution in [0.5, 0.6) is 0 Å². The summed E-state index contributed by atoms with van der Waals surface area (Å²) in [5.74, 6) is -0.547. The Balaban J connectivity index is 2.15. The highest BCUT2D eigenvalue weighted by Crippen LogP contribution is 2.23. The SMILES string of the molecule is Cc1cc(F)cc(C(=O)c2c[nH]c3ccc(C)cc23)c1. The number of carbonyl (C=O) groups is 1. The van der Waals surface area contributed by atoms with Crippen LogP contribution in [-0.2, 0) is 0 Å². The van der Waals surface area contributed by atoms with Gasteiger partial charge in [0, 0.05) is 28.2 Å². The quantitative estimate of drug-likeness (QED) is 0.695. The fourth-order valence-corrected chi connectivity index (χ4v) is 2.45. The van der Waals surface area contributed by atoms with Crippen LogP contribution >= 0.6 is 0 Å². The lowest BCUT2D eigenvalue weighted by molar-refractivity contribution is 0.104. The average molecular weight is 267 g/mol. The summed E-state index contributed by atoms with van der Waals surface area (Å²) < 4.78 is 13.4. The molecule has 2 aromatic carbocycles. The minimum absolute atomic E-state index is 0.163. The summed E-state index contributed by atoms with van der Waals surface area (Å²) in [4.78, 5) is 15.6. The highest BCUT2D eigenvalue weighted by atomic mass is 19.1. The van der Waals surface area contributed by atoms with E-state index in [4.69, 9.17) is 0 Å². The van der Waals surface area contributed by atoms with Crippen molar-refractivity contribution in [3.63, 3.8) is 0 Å². The first-order chi connectivity index (χ1) is 9.54. The van der Waals surface area contributed by atoms with Crippen molar-refractivity contribution in [1.82, 2.24) is 4.98 Å². The number of H-pyrrole nitrogens is 1. The van der Waals surface area contributed by atoms with E-state index in [0.29, 0.717) is 11.1 Å². The molecule has 0 atom stereocenters. The summed E-state index contributed by atoms with van der Waals surface area (Å²) in [6, 6.07) is 10.3. The maximum absolute atomic E-state index is 13.4. The molecule has 3 aromatic rings. The van der Waals surface area contributed by atoms with E-state index in [0.717, 1.165) is 22.0 Å². The zero-order valence-electron chi connectivity index (χ0n) is 11.3. The van der Waals surface area contributed by atoms with E-state index in [1.54, 1.807) is 19.2 Å². The lowest BCUT2D eigenvalue weighted by Gasteiger charge is -2.03. The maximum Gasteiger partial charge on any atom is 0.195 e. The van der Waals surface area contributed by atoms with E-state index < -0.39 is 0 Å². The van der Waals surface area contributed by atoms with E-state index in [2.05, 4.69) is 4.98 Å². The van der Waals surface area contributed by atoms with Gasteiger partial charge in [-0.2, -0.15) is 0 Å². The van der Waals surface area contributed by atoms with Gasteiger partial charge in [-0.15, -0.1) is 0 Å². The van der Waals surface area contributed by atoms with Crippen LogP contribution in [0.15, 0.2) is 42.6 Å². The van der Waals surface area contributed by atoms with Crippen molar-refractivity contribution in [2.75, 3.05) is 0 Å². The van der Waals surface area contributed by atoms with E-state index in [9.17, 15) is 9.18 Å². The molecule has 0 unspecified atom stereocenters. The van der Waals surface area contributed by atoms with Gasteiger partial charge in [-0.3, -0.25) is 4.79 Å². The van der Waals surface area contributed by atoms with E-state index in [-0.39, 0.29) is 11.6 Å². The van der Waals surface area contributed by atoms with Gasteiger partial charge in [-0.25, -0.2) is 4.39 Å². The van der Waals surface area contributed by atoms with Crippen molar-refractivity contribution < 1.29 is 9.18 Å². The Bertz CT molecular complexity index is 797. The standard InChI is InChI=1S/C17H14FNO/c1-10-3-4-16-14(7-10)15(9-19-16)17(20)12-5-11(2)6-13(18)8-12/h3-9,19H,1-2H3. The van der Waals surface area contributed by atoms with Crippen molar-refractivity contribution >= 4 is 16.7 Å². The number of aromatic amines is 1. The molecule has 0 spiro atoms. The first-order valence-electron chi connectivity index (χ1n) is 6.44. The normalized spacial score (nSPS) is 10.9. The molecular weight excluding hydrogens is 253 g/mol. The van der Waals surface area contributed by atoms with Crippen LogP contribution in [-0.4, -0.2) is 10.8 Å². The smallest absolute Gasteiger partial charge is 0.195 e. The number of hydrogen-bond acceptors (Lipinski definition) is 1. The Hall–Kier alpha value is -2.42. The second-order valence-corrected chi connectivity index (χ2v) is 5.10. The van der Waals surface area contributed by atoms with Gasteiger partial charge < -0.3 is 4.98 Å². The van der Waals surface area contributed by atoms with Crippen molar-refractivity contribution in [1.29, 1.82) is 0 Å². The van der Waals surface area contributed by atoms with Crippen LogP contribution in [0, 0.1) is 19.7 Å². The van der Waals surface area contributed by atoms with Gasteiger partial charge in [-0.1, -0.05) is 11.6 Å². The van der Waals surface area contributed by atoms with Gasteiger partial charge in [0.25, 0.3) is 0 Å². The third-order valence-corrected chi connectivity index (χ3v) is 3.39. The van der Waals surface area contributed by atoms with Crippen LogP contribution in [0.4, 0.5) is 4.39 Å². The van der Waals surface area contributed by atoms with Crippen LogP contribution in [0.1, 0.15) is 27.0 Å². The van der Waals surface area contributed by atoms with Gasteiger partial charge >= 0.3 is 0 Å². The molecule has 0 fully saturated rings. The molecule has 0 aliphatic rings. The van der Waals surface area contributed by atoms with Crippen LogP contribution in [0.2, 0.25) is 0 Å². The number of ketones is 1. The predicted octanol–water partition coefficient (Wildman–Crippen LogP) is 4.15. The minimum atomic E-state index is -0.385. The molecule has 2 nitrogen and oxygen atoms in total. The van der Waals surface area contributed by atoms with E-state index in [1.807, 2.05) is 25.1 Å². The largest absolute Gasteiger partial charge is 0.360 e. The lowest BCUT2D eigenvalue weighted by atomic mass is 10.0. The minimum Gasteiger partial charge on any atom is -0.360 e. The molecule has 0 bridgehead atoms. The van der Waals surface area contributed by atoms with E-state index >= 15 is 0 Å². The lowest BCUT2D eigenvalue weighted by Crippen LogP contribution is -2.01. The maximum atomic E-state index is 13.4. The monoisotopic (exact) mass is 267 g/mol. The number of nitrogens with one attached hydrogen (secondary N) is 1. The average Bonchev–Trinajstić information content (AvgIpc) is 2.79. The summed E-state index contributed by atoms with van der Waals surface area (Å²) in [5.41, 5.74) is 3.69. The number of rotatable bonds is 2. The zero-order chi connectivity index (χ0) is 14.3. The van der Waals surface area contributed by atoms with Crippen molar-refractivity contribution in [3.8, 4) is 0 Å². The molecule has 20 heavy (non-hydrogen) atoms. The van der Waals surface area contributed by atoms with Gasteiger partial charge in [0.15, 0.2) is 5.78 Å². The Morgan fingerprint density at radius 1 is 1.05 bits per heavy atom. The number of halogens is 1. The van der Waals surface area contributed by atoms with E-state index in [1.165, 1.54) is 12.1 Å². The second-order valence-electron chi connectivity index (χ2n) is 5.10. The summed E-state index contributed by atoms with van der Waals surface area (Å²) in [6.45, 7) is 3.76. The predicted molar refractivity (Wildman–Crippen MR) is 77.6 cm³/mol. The molecule has 0 aliphatic heterocycles. The molecule has 100 valence electrons. The first-order valence-corrected chi connectivity index (χ1v) is 6.44. The molecule has 0 saturated carbocycles. The molecule has 3 heteroatoms. The Kier molecular flexibility index (Phi) is 2.90. The Labute approximate surface area is 116 Å². The number of hydrogen-bond donors (Lipinski definition) is 1. The number of carbonyl (C=O) groups excluding carboxylic acids is 1. The molecular formula is C17H14FNO. The molecule has 0 saturated heterocycles. The van der Waals surface area contributed by atoms with Crippen LogP contribution in [0.25, 0.3) is 10.9 Å². The molecule has 0 aliphatic carbocycles. The number of aryl methyl sites for hydroxylation is 2. The third-order valence-electron chi connectivity index (χ3n) is 3.39. The summed E-state index contributed by atoms with van der Waals surface area (Å²) in [5, 5.41) is 0.872. The van der Waals surface area contributed by atoms with Crippen molar-refractivity contribution in [2.45, 2.75) is 13.8 Å². The van der Waals surface area contributed by atoms with Crippen LogP contribution < -0.4 is 0 Å². The van der Waals surface area contributed by atoms with Crippen LogP contribution in [0.3, 0.4) is 0 Å². The Morgan fingerprint density at radius 3 is 2.60 bits per heavy atom. The van der Waals surface area contributed by atoms with Crippen molar-refractivity contribution in [3.05, 3.63) is 70.7 Å². The fourth-order valence-electron chi connectivity index (χ4n) is 2.45. The zero-order valence-corrected chi connectivity index (χ0v) is 11.3. The molecule has 1 heterocycles. The number of fused-ring (bicyclic) bond motifs is 1. The summed E-state index contributed by atoms with van der Waals surface area (Å²) in [7, 11) is 0. The number of benzene rings is 2. The van der Waals surface area contributed by atoms with Gasteiger partial charge in [-0.05, 0) is 49.7 Å². The topological polar surface area (TPSA) is 32.9 Å². The summed E-state index contributed by atoms with van der Waals surface area (Å²) in [6.07, 6.45) is 1.69. The third kappa shape index (κ3) is 2.11. The summed E-state index contributed by atoms with van der Waals surface area (Å²) >= 11 is 0. The molecule has 3 rings (SSSR count). The molecule has 0 amide bonds. The molecule has 0 radical (unpaired) electrons. The molecule has 1 aromatic heterocycles. The second kappa shape index (κ2) is 4.60. The molecule has 1 N–H and O–H groups in total. The highest BCUT2D eigenvalue weighted by molar-refractivity contribution is 6.16.